The van der Waals surface area contributed by atoms with E-state index < -0.39 is 5.97 Å². The van der Waals surface area contributed by atoms with Crippen molar-refractivity contribution in [2.75, 3.05) is 6.61 Å². The van der Waals surface area contributed by atoms with Gasteiger partial charge in [0.1, 0.15) is 0 Å². The standard InChI is InChI=1S/C13H13N3O3/c17-13(18)11-12(16-8-7-15-11)19-9-1-2-10-3-5-14-6-4-10/h3-8H,1-2,9H2,(H,17,18). The largest absolute Gasteiger partial charge is 0.476 e. The van der Waals surface area contributed by atoms with Crippen LogP contribution in [0.15, 0.2) is 36.9 Å². The number of carbonyl (C=O) groups is 1. The van der Waals surface area contributed by atoms with E-state index in [-0.39, 0.29) is 11.6 Å². The Morgan fingerprint density at radius 3 is 2.63 bits per heavy atom. The zero-order chi connectivity index (χ0) is 13.5. The summed E-state index contributed by atoms with van der Waals surface area (Å²) in [5, 5.41) is 8.91. The van der Waals surface area contributed by atoms with Crippen molar-refractivity contribution in [3.8, 4) is 5.88 Å². The number of aromatic carboxylic acids is 1. The van der Waals surface area contributed by atoms with Gasteiger partial charge in [-0.1, -0.05) is 0 Å². The summed E-state index contributed by atoms with van der Waals surface area (Å²) >= 11 is 0. The second-order valence-electron chi connectivity index (χ2n) is 3.82. The molecule has 2 aromatic rings. The van der Waals surface area contributed by atoms with E-state index in [0.717, 1.165) is 18.4 Å². The van der Waals surface area contributed by atoms with Gasteiger partial charge < -0.3 is 9.84 Å². The fourth-order valence-corrected chi connectivity index (χ4v) is 1.57. The molecule has 0 aliphatic carbocycles. The molecule has 0 amide bonds. The van der Waals surface area contributed by atoms with Gasteiger partial charge in [-0.2, -0.15) is 0 Å². The van der Waals surface area contributed by atoms with Gasteiger partial charge >= 0.3 is 5.97 Å². The number of carboxylic acid groups (broad SMARTS) is 1. The smallest absolute Gasteiger partial charge is 0.360 e. The Kier molecular flexibility index (Phi) is 4.39. The van der Waals surface area contributed by atoms with Gasteiger partial charge in [-0.05, 0) is 30.5 Å². The Morgan fingerprint density at radius 1 is 1.16 bits per heavy atom. The van der Waals surface area contributed by atoms with Crippen LogP contribution in [0.4, 0.5) is 0 Å². The number of nitrogens with zero attached hydrogens (tertiary/aromatic N) is 3. The van der Waals surface area contributed by atoms with Crippen LogP contribution in [0.3, 0.4) is 0 Å². The van der Waals surface area contributed by atoms with Gasteiger partial charge in [-0.3, -0.25) is 4.98 Å². The summed E-state index contributed by atoms with van der Waals surface area (Å²) in [5.74, 6) is -1.08. The summed E-state index contributed by atoms with van der Waals surface area (Å²) in [6, 6.07) is 3.87. The highest BCUT2D eigenvalue weighted by molar-refractivity contribution is 5.87. The van der Waals surface area contributed by atoms with Crippen LogP contribution in [0, 0.1) is 0 Å². The second kappa shape index (κ2) is 6.44. The fourth-order valence-electron chi connectivity index (χ4n) is 1.57. The van der Waals surface area contributed by atoms with Crippen LogP contribution >= 0.6 is 0 Å². The Labute approximate surface area is 110 Å². The quantitative estimate of drug-likeness (QED) is 0.793. The number of aryl methyl sites for hydroxylation is 1. The van der Waals surface area contributed by atoms with Gasteiger partial charge in [-0.25, -0.2) is 14.8 Å². The highest BCUT2D eigenvalue weighted by atomic mass is 16.5. The number of aromatic nitrogens is 3. The maximum absolute atomic E-state index is 10.9. The van der Waals surface area contributed by atoms with Gasteiger partial charge in [0, 0.05) is 24.8 Å². The fraction of sp³-hybridized carbons (Fsp3) is 0.231. The van der Waals surface area contributed by atoms with Crippen molar-refractivity contribution < 1.29 is 14.6 Å². The number of hydrogen-bond acceptors (Lipinski definition) is 5. The van der Waals surface area contributed by atoms with E-state index in [0.29, 0.717) is 6.61 Å². The Bertz CT molecular complexity index is 546. The van der Waals surface area contributed by atoms with Gasteiger partial charge in [0.05, 0.1) is 6.61 Å². The topological polar surface area (TPSA) is 85.2 Å². The molecule has 0 saturated carbocycles. The summed E-state index contributed by atoms with van der Waals surface area (Å²) in [5.41, 5.74) is 1.00. The van der Waals surface area contributed by atoms with Crippen molar-refractivity contribution in [2.24, 2.45) is 0 Å². The molecule has 0 atom stereocenters. The SMILES string of the molecule is O=C(O)c1nccnc1OCCCc1ccncc1. The Morgan fingerprint density at radius 2 is 1.89 bits per heavy atom. The molecule has 98 valence electrons. The molecule has 6 heteroatoms. The third kappa shape index (κ3) is 3.74. The van der Waals surface area contributed by atoms with Gasteiger partial charge in [0.15, 0.2) is 0 Å². The van der Waals surface area contributed by atoms with Crippen LogP contribution in [-0.2, 0) is 6.42 Å². The lowest BCUT2D eigenvalue weighted by molar-refractivity contribution is 0.0684. The molecular formula is C13H13N3O3. The molecule has 2 rings (SSSR count). The van der Waals surface area contributed by atoms with E-state index in [4.69, 9.17) is 9.84 Å². The molecule has 0 fully saturated rings. The van der Waals surface area contributed by atoms with E-state index in [1.165, 1.54) is 12.4 Å². The van der Waals surface area contributed by atoms with Crippen molar-refractivity contribution in [1.29, 1.82) is 0 Å². The minimum Gasteiger partial charge on any atom is -0.476 e. The molecule has 0 unspecified atom stereocenters. The molecule has 0 spiro atoms. The van der Waals surface area contributed by atoms with Crippen LogP contribution in [-0.4, -0.2) is 32.6 Å². The van der Waals surface area contributed by atoms with Crippen molar-refractivity contribution in [3.63, 3.8) is 0 Å². The molecule has 6 nitrogen and oxygen atoms in total. The third-order valence-electron chi connectivity index (χ3n) is 2.47. The number of carboxylic acids is 1. The van der Waals surface area contributed by atoms with Crippen LogP contribution in [0.5, 0.6) is 5.88 Å². The maximum Gasteiger partial charge on any atom is 0.360 e. The molecule has 1 N–H and O–H groups in total. The first-order valence-electron chi connectivity index (χ1n) is 5.83. The van der Waals surface area contributed by atoms with Crippen LogP contribution in [0.2, 0.25) is 0 Å². The molecule has 2 aromatic heterocycles. The number of rotatable bonds is 6. The lowest BCUT2D eigenvalue weighted by atomic mass is 10.1. The monoisotopic (exact) mass is 259 g/mol. The second-order valence-corrected chi connectivity index (χ2v) is 3.82. The van der Waals surface area contributed by atoms with E-state index in [1.807, 2.05) is 12.1 Å². The summed E-state index contributed by atoms with van der Waals surface area (Å²) in [4.78, 5) is 22.4. The first-order valence-corrected chi connectivity index (χ1v) is 5.83. The number of ether oxygens (including phenoxy) is 1. The molecule has 0 bridgehead atoms. The zero-order valence-corrected chi connectivity index (χ0v) is 10.2. The highest BCUT2D eigenvalue weighted by Crippen LogP contribution is 2.11. The van der Waals surface area contributed by atoms with E-state index in [2.05, 4.69) is 15.0 Å². The average molecular weight is 259 g/mol. The summed E-state index contributed by atoms with van der Waals surface area (Å²) in [6.45, 7) is 0.390. The van der Waals surface area contributed by atoms with Crippen LogP contribution in [0.1, 0.15) is 22.5 Å². The van der Waals surface area contributed by atoms with Crippen LogP contribution < -0.4 is 4.74 Å². The molecule has 0 aliphatic rings. The lowest BCUT2D eigenvalue weighted by Crippen LogP contribution is -2.08. The number of pyridine rings is 1. The average Bonchev–Trinajstić information content (AvgIpc) is 2.45. The van der Waals surface area contributed by atoms with Gasteiger partial charge in [0.2, 0.25) is 11.6 Å². The van der Waals surface area contributed by atoms with Crippen molar-refractivity contribution in [1.82, 2.24) is 15.0 Å². The molecule has 2 heterocycles. The zero-order valence-electron chi connectivity index (χ0n) is 10.2. The van der Waals surface area contributed by atoms with E-state index in [1.54, 1.807) is 12.4 Å². The Balaban J connectivity index is 1.85. The number of hydrogen-bond donors (Lipinski definition) is 1. The van der Waals surface area contributed by atoms with Gasteiger partial charge in [-0.15, -0.1) is 0 Å². The van der Waals surface area contributed by atoms with E-state index >= 15 is 0 Å². The molecule has 19 heavy (non-hydrogen) atoms. The highest BCUT2D eigenvalue weighted by Gasteiger charge is 2.13. The van der Waals surface area contributed by atoms with E-state index in [9.17, 15) is 4.79 Å². The molecule has 0 aromatic carbocycles. The van der Waals surface area contributed by atoms with Crippen LogP contribution in [0.25, 0.3) is 0 Å². The normalized spacial score (nSPS) is 10.1. The lowest BCUT2D eigenvalue weighted by Gasteiger charge is -2.06. The predicted octanol–water partition coefficient (Wildman–Crippen LogP) is 1.58. The van der Waals surface area contributed by atoms with Crippen molar-refractivity contribution >= 4 is 5.97 Å². The third-order valence-corrected chi connectivity index (χ3v) is 2.47. The molecule has 0 radical (unpaired) electrons. The van der Waals surface area contributed by atoms with Crippen molar-refractivity contribution in [3.05, 3.63) is 48.2 Å². The first-order chi connectivity index (χ1) is 9.27. The minimum absolute atomic E-state index is 0.0599. The first kappa shape index (κ1) is 12.9. The Hall–Kier alpha value is -2.50. The molecule has 0 saturated heterocycles. The predicted molar refractivity (Wildman–Crippen MR) is 67.0 cm³/mol. The summed E-state index contributed by atoms with van der Waals surface area (Å²) in [6.07, 6.45) is 7.81. The van der Waals surface area contributed by atoms with Gasteiger partial charge in [0.25, 0.3) is 0 Å². The summed E-state index contributed by atoms with van der Waals surface area (Å²) in [7, 11) is 0. The maximum atomic E-state index is 10.9. The van der Waals surface area contributed by atoms with Crippen molar-refractivity contribution in [2.45, 2.75) is 12.8 Å². The molecular weight excluding hydrogens is 246 g/mol. The minimum atomic E-state index is -1.14. The molecule has 0 aliphatic heterocycles. The summed E-state index contributed by atoms with van der Waals surface area (Å²) < 4.78 is 5.35.